The molecular weight excluding hydrogens is 269 g/mol. The summed E-state index contributed by atoms with van der Waals surface area (Å²) in [7, 11) is 0. The highest BCUT2D eigenvalue weighted by Gasteiger charge is 2.45. The Bertz CT molecular complexity index is 488. The molecule has 0 bridgehead atoms. The fraction of sp³-hybridized carbons (Fsp3) is 0.846. The topological polar surface area (TPSA) is 56.7 Å². The van der Waals surface area contributed by atoms with Crippen LogP contribution in [-0.4, -0.2) is 27.5 Å². The number of alkyl halides is 3. The Kier molecular flexibility index (Phi) is 3.27. The summed E-state index contributed by atoms with van der Waals surface area (Å²) >= 11 is 0. The summed E-state index contributed by atoms with van der Waals surface area (Å²) in [5, 5.41) is 8.31. The van der Waals surface area contributed by atoms with Gasteiger partial charge in [-0.2, -0.15) is 13.2 Å². The first-order chi connectivity index (χ1) is 9.46. The van der Waals surface area contributed by atoms with Crippen molar-refractivity contribution in [3.05, 3.63) is 11.6 Å². The van der Waals surface area contributed by atoms with Crippen LogP contribution in [0.15, 0.2) is 0 Å². The van der Waals surface area contributed by atoms with Gasteiger partial charge in [-0.1, -0.05) is 12.8 Å². The molecule has 0 spiro atoms. The number of aromatic nitrogens is 3. The van der Waals surface area contributed by atoms with Gasteiger partial charge in [0.05, 0.1) is 5.92 Å². The van der Waals surface area contributed by atoms with Crippen LogP contribution in [0.3, 0.4) is 0 Å². The average Bonchev–Trinajstić information content (AvgIpc) is 3.04. The maximum Gasteiger partial charge on any atom is 0.393 e. The largest absolute Gasteiger partial charge is 0.393 e. The summed E-state index contributed by atoms with van der Waals surface area (Å²) in [6, 6.07) is 0. The summed E-state index contributed by atoms with van der Waals surface area (Å²) in [6.45, 7) is 0.380. The molecular formula is C13H19F3N4. The number of fused-ring (bicyclic) bond motifs is 1. The molecule has 0 amide bonds. The zero-order valence-corrected chi connectivity index (χ0v) is 11.3. The minimum atomic E-state index is -4.15. The lowest BCUT2D eigenvalue weighted by Crippen LogP contribution is -2.39. The quantitative estimate of drug-likeness (QED) is 0.907. The summed E-state index contributed by atoms with van der Waals surface area (Å²) in [5.41, 5.74) is 5.65. The van der Waals surface area contributed by atoms with Crippen molar-refractivity contribution in [3.63, 3.8) is 0 Å². The van der Waals surface area contributed by atoms with Crippen LogP contribution < -0.4 is 5.73 Å². The lowest BCUT2D eigenvalue weighted by atomic mass is 9.84. The predicted molar refractivity (Wildman–Crippen MR) is 67.1 cm³/mol. The molecule has 2 N–H and O–H groups in total. The van der Waals surface area contributed by atoms with Gasteiger partial charge in [0, 0.05) is 24.9 Å². The minimum Gasteiger partial charge on any atom is -0.329 e. The third kappa shape index (κ3) is 2.12. The van der Waals surface area contributed by atoms with Gasteiger partial charge in [-0.3, -0.25) is 0 Å². The molecule has 3 rings (SSSR count). The monoisotopic (exact) mass is 288 g/mol. The highest BCUT2D eigenvalue weighted by molar-refractivity contribution is 5.15. The van der Waals surface area contributed by atoms with Gasteiger partial charge in [0.15, 0.2) is 0 Å². The number of nitrogens with two attached hydrogens (primary N) is 1. The second kappa shape index (κ2) is 4.72. The van der Waals surface area contributed by atoms with Gasteiger partial charge in [0.25, 0.3) is 0 Å². The zero-order chi connectivity index (χ0) is 14.4. The Morgan fingerprint density at radius 2 is 1.95 bits per heavy atom. The van der Waals surface area contributed by atoms with Crippen LogP contribution in [0.1, 0.15) is 43.8 Å². The summed E-state index contributed by atoms with van der Waals surface area (Å²) in [6.07, 6.45) is 0.223. The van der Waals surface area contributed by atoms with Crippen LogP contribution in [0.5, 0.6) is 0 Å². The van der Waals surface area contributed by atoms with E-state index < -0.39 is 12.1 Å². The van der Waals surface area contributed by atoms with Gasteiger partial charge < -0.3 is 10.3 Å². The number of nitrogens with zero attached hydrogens (tertiary/aromatic N) is 3. The van der Waals surface area contributed by atoms with Crippen molar-refractivity contribution in [2.24, 2.45) is 11.7 Å². The molecule has 4 nitrogen and oxygen atoms in total. The molecule has 1 atom stereocenters. The molecule has 20 heavy (non-hydrogen) atoms. The molecule has 1 aromatic rings. The molecule has 1 aliphatic carbocycles. The van der Waals surface area contributed by atoms with Crippen LogP contribution >= 0.6 is 0 Å². The normalized spacial score (nSPS) is 25.7. The summed E-state index contributed by atoms with van der Waals surface area (Å²) in [4.78, 5) is 0. The van der Waals surface area contributed by atoms with Crippen molar-refractivity contribution in [1.82, 2.24) is 14.8 Å². The molecule has 112 valence electrons. The van der Waals surface area contributed by atoms with E-state index in [9.17, 15) is 13.2 Å². The van der Waals surface area contributed by atoms with Crippen LogP contribution in [0.4, 0.5) is 13.2 Å². The number of aryl methyl sites for hydroxylation is 1. The summed E-state index contributed by atoms with van der Waals surface area (Å²) < 4.78 is 40.5. The van der Waals surface area contributed by atoms with Gasteiger partial charge in [-0.05, 0) is 19.3 Å². The molecule has 1 unspecified atom stereocenters. The van der Waals surface area contributed by atoms with E-state index in [0.717, 1.165) is 25.7 Å². The van der Waals surface area contributed by atoms with E-state index in [1.54, 1.807) is 4.57 Å². The van der Waals surface area contributed by atoms with Crippen molar-refractivity contribution < 1.29 is 13.2 Å². The second-order valence-electron chi connectivity index (χ2n) is 6.02. The lowest BCUT2D eigenvalue weighted by molar-refractivity contribution is -0.182. The molecule has 1 aliphatic heterocycles. The zero-order valence-electron chi connectivity index (χ0n) is 11.3. The van der Waals surface area contributed by atoms with Gasteiger partial charge in [-0.25, -0.2) is 0 Å². The molecule has 0 saturated heterocycles. The van der Waals surface area contributed by atoms with E-state index in [1.165, 1.54) is 0 Å². The van der Waals surface area contributed by atoms with Crippen LogP contribution in [0.25, 0.3) is 0 Å². The fourth-order valence-corrected chi connectivity index (χ4v) is 3.56. The Morgan fingerprint density at radius 3 is 2.55 bits per heavy atom. The van der Waals surface area contributed by atoms with Crippen molar-refractivity contribution in [1.29, 1.82) is 0 Å². The van der Waals surface area contributed by atoms with Crippen molar-refractivity contribution in [2.45, 2.75) is 56.7 Å². The lowest BCUT2D eigenvalue weighted by Gasteiger charge is -2.31. The van der Waals surface area contributed by atoms with E-state index in [0.29, 0.717) is 24.6 Å². The molecule has 1 fully saturated rings. The Balaban J connectivity index is 1.95. The van der Waals surface area contributed by atoms with E-state index in [4.69, 9.17) is 5.73 Å². The highest BCUT2D eigenvalue weighted by Crippen LogP contribution is 2.42. The molecule has 2 heterocycles. The first kappa shape index (κ1) is 13.9. The predicted octanol–water partition coefficient (Wildman–Crippen LogP) is 2.17. The Morgan fingerprint density at radius 1 is 1.25 bits per heavy atom. The number of rotatable bonds is 2. The Labute approximate surface area is 115 Å². The number of halogens is 3. The number of hydrogen-bond acceptors (Lipinski definition) is 3. The fourth-order valence-electron chi connectivity index (χ4n) is 3.56. The van der Waals surface area contributed by atoms with E-state index >= 15 is 0 Å². The van der Waals surface area contributed by atoms with Gasteiger partial charge >= 0.3 is 6.18 Å². The minimum absolute atomic E-state index is 0.0527. The van der Waals surface area contributed by atoms with Crippen molar-refractivity contribution in [3.8, 4) is 0 Å². The van der Waals surface area contributed by atoms with Gasteiger partial charge in [0.1, 0.15) is 11.6 Å². The summed E-state index contributed by atoms with van der Waals surface area (Å²) in [5.74, 6) is 0.0719. The standard InChI is InChI=1S/C13H19F3N4/c14-13(15,16)9-3-4-10-18-19-11(20(10)7-9)12(8-17)5-1-2-6-12/h9H,1-8,17H2. The van der Waals surface area contributed by atoms with E-state index in [-0.39, 0.29) is 18.4 Å². The first-order valence-corrected chi connectivity index (χ1v) is 7.16. The van der Waals surface area contributed by atoms with E-state index in [2.05, 4.69) is 10.2 Å². The van der Waals surface area contributed by atoms with Crippen LogP contribution in [0, 0.1) is 5.92 Å². The third-order valence-corrected chi connectivity index (χ3v) is 4.84. The van der Waals surface area contributed by atoms with Gasteiger partial charge in [0.2, 0.25) is 0 Å². The molecule has 1 aromatic heterocycles. The van der Waals surface area contributed by atoms with Crippen LogP contribution in [-0.2, 0) is 18.4 Å². The third-order valence-electron chi connectivity index (χ3n) is 4.84. The van der Waals surface area contributed by atoms with E-state index in [1.807, 2.05) is 0 Å². The second-order valence-corrected chi connectivity index (χ2v) is 6.02. The van der Waals surface area contributed by atoms with Crippen LogP contribution in [0.2, 0.25) is 0 Å². The van der Waals surface area contributed by atoms with Crippen molar-refractivity contribution >= 4 is 0 Å². The molecule has 0 aromatic carbocycles. The molecule has 1 saturated carbocycles. The average molecular weight is 288 g/mol. The Hall–Kier alpha value is -1.11. The SMILES string of the molecule is NCC1(c2nnc3n2CC(C(F)(F)F)CC3)CCCC1. The molecule has 0 radical (unpaired) electrons. The molecule has 2 aliphatic rings. The van der Waals surface area contributed by atoms with Gasteiger partial charge in [-0.15, -0.1) is 10.2 Å². The highest BCUT2D eigenvalue weighted by atomic mass is 19.4. The van der Waals surface area contributed by atoms with Crippen molar-refractivity contribution in [2.75, 3.05) is 6.54 Å². The number of hydrogen-bond donors (Lipinski definition) is 1. The molecule has 7 heteroatoms. The maximum atomic E-state index is 12.9. The first-order valence-electron chi connectivity index (χ1n) is 7.16. The smallest absolute Gasteiger partial charge is 0.329 e. The maximum absolute atomic E-state index is 12.9.